The number of carboxylic acid groups (broad SMARTS) is 2. The number of hydrogen-bond acceptors (Lipinski definition) is 6. The van der Waals surface area contributed by atoms with Crippen LogP contribution in [0, 0.1) is 0 Å². The molecule has 0 spiro atoms. The van der Waals surface area contributed by atoms with Crippen LogP contribution in [0.5, 0.6) is 0 Å². The monoisotopic (exact) mass is 398 g/mol. The van der Waals surface area contributed by atoms with Crippen LogP contribution in [-0.2, 0) is 22.4 Å². The van der Waals surface area contributed by atoms with Crippen LogP contribution in [-0.4, -0.2) is 72.1 Å². The molecule has 0 heterocycles. The van der Waals surface area contributed by atoms with Crippen LogP contribution in [0.4, 0.5) is 0 Å². The van der Waals surface area contributed by atoms with E-state index in [2.05, 4.69) is 0 Å². The predicted molar refractivity (Wildman–Crippen MR) is 97.3 cm³/mol. The van der Waals surface area contributed by atoms with Crippen molar-refractivity contribution in [2.45, 2.75) is 37.9 Å². The molecule has 0 aromatic heterocycles. The zero-order valence-electron chi connectivity index (χ0n) is 15.0. The van der Waals surface area contributed by atoms with E-state index in [9.17, 15) is 19.8 Å². The Morgan fingerprint density at radius 1 is 0.704 bits per heavy atom. The van der Waals surface area contributed by atoms with E-state index in [0.717, 1.165) is 11.1 Å². The molecule has 2 aromatic carbocycles. The number of aliphatic carboxylic acids is 2. The van der Waals surface area contributed by atoms with Crippen molar-refractivity contribution < 1.29 is 30.0 Å². The summed E-state index contributed by atoms with van der Waals surface area (Å²) in [4.78, 5) is 20.3. The standard InChI is InChI=1S/2C10H12O3.Ca/c2*11-9(10(12)13)7-6-8-4-2-1-3-5-8;/h2*1-5,9,11H,6-7H2,(H,12,13);/q;;+2/p-2. The van der Waals surface area contributed by atoms with Gasteiger partial charge in [-0.1, -0.05) is 60.7 Å². The minimum absolute atomic E-state index is 0. The van der Waals surface area contributed by atoms with Gasteiger partial charge < -0.3 is 30.0 Å². The number of aryl methyl sites for hydroxylation is 2. The van der Waals surface area contributed by atoms with Crippen LogP contribution in [0.3, 0.4) is 0 Å². The van der Waals surface area contributed by atoms with Crippen LogP contribution in [0.15, 0.2) is 60.7 Å². The van der Waals surface area contributed by atoms with Crippen molar-refractivity contribution in [3.63, 3.8) is 0 Å². The second kappa shape index (κ2) is 14.6. The van der Waals surface area contributed by atoms with Crippen LogP contribution in [0.1, 0.15) is 24.0 Å². The molecule has 6 nitrogen and oxygen atoms in total. The Labute approximate surface area is 188 Å². The molecule has 2 aromatic rings. The maximum Gasteiger partial charge on any atom is 2.00 e. The Morgan fingerprint density at radius 2 is 1.00 bits per heavy atom. The van der Waals surface area contributed by atoms with Gasteiger partial charge in [-0.3, -0.25) is 0 Å². The number of carbonyl (C=O) groups is 2. The summed E-state index contributed by atoms with van der Waals surface area (Å²) in [6, 6.07) is 18.8. The molecule has 27 heavy (non-hydrogen) atoms. The van der Waals surface area contributed by atoms with Crippen molar-refractivity contribution in [1.29, 1.82) is 0 Å². The van der Waals surface area contributed by atoms with Gasteiger partial charge in [-0.15, -0.1) is 0 Å². The van der Waals surface area contributed by atoms with E-state index < -0.39 is 24.1 Å². The topological polar surface area (TPSA) is 121 Å². The van der Waals surface area contributed by atoms with Gasteiger partial charge in [-0.05, 0) is 36.8 Å². The first-order chi connectivity index (χ1) is 12.4. The third-order valence-corrected chi connectivity index (χ3v) is 3.64. The minimum Gasteiger partial charge on any atom is -0.547 e. The fourth-order valence-electron chi connectivity index (χ4n) is 2.13. The van der Waals surface area contributed by atoms with Crippen molar-refractivity contribution in [2.75, 3.05) is 0 Å². The van der Waals surface area contributed by atoms with E-state index in [1.807, 2.05) is 60.7 Å². The molecule has 0 aliphatic carbocycles. The van der Waals surface area contributed by atoms with E-state index in [1.165, 1.54) is 0 Å². The zero-order valence-corrected chi connectivity index (χ0v) is 17.2. The van der Waals surface area contributed by atoms with Crippen molar-refractivity contribution in [3.8, 4) is 0 Å². The van der Waals surface area contributed by atoms with Gasteiger partial charge in [0.1, 0.15) is 0 Å². The first-order valence-electron chi connectivity index (χ1n) is 8.26. The molecule has 2 atom stereocenters. The summed E-state index contributed by atoms with van der Waals surface area (Å²) >= 11 is 0. The molecule has 7 heteroatoms. The Hall–Kier alpha value is -1.44. The third-order valence-electron chi connectivity index (χ3n) is 3.64. The molecule has 0 aliphatic rings. The van der Waals surface area contributed by atoms with E-state index in [1.54, 1.807) is 0 Å². The van der Waals surface area contributed by atoms with Gasteiger partial charge in [-0.2, -0.15) is 0 Å². The van der Waals surface area contributed by atoms with Gasteiger partial charge in [-0.25, -0.2) is 0 Å². The van der Waals surface area contributed by atoms with Crippen LogP contribution >= 0.6 is 0 Å². The van der Waals surface area contributed by atoms with Crippen LogP contribution in [0.2, 0.25) is 0 Å². The largest absolute Gasteiger partial charge is 2.00 e. The molecule has 2 N–H and O–H groups in total. The number of carboxylic acids is 2. The molecule has 2 unspecified atom stereocenters. The Bertz CT molecular complexity index is 603. The molecule has 0 saturated carbocycles. The zero-order chi connectivity index (χ0) is 19.4. The first-order valence-corrected chi connectivity index (χ1v) is 8.26. The molecule has 0 fully saturated rings. The summed E-state index contributed by atoms with van der Waals surface area (Å²) in [5, 5.41) is 38.2. The van der Waals surface area contributed by atoms with Crippen molar-refractivity contribution in [1.82, 2.24) is 0 Å². The van der Waals surface area contributed by atoms with Gasteiger partial charge in [0.2, 0.25) is 0 Å². The summed E-state index contributed by atoms with van der Waals surface area (Å²) in [6.45, 7) is 0. The fraction of sp³-hybridized carbons (Fsp3) is 0.300. The molecular weight excluding hydrogens is 376 g/mol. The van der Waals surface area contributed by atoms with E-state index in [4.69, 9.17) is 10.2 Å². The summed E-state index contributed by atoms with van der Waals surface area (Å²) in [6.07, 6.45) is -1.22. The molecule has 0 saturated heterocycles. The van der Waals surface area contributed by atoms with E-state index in [-0.39, 0.29) is 50.6 Å². The van der Waals surface area contributed by atoms with E-state index in [0.29, 0.717) is 12.8 Å². The number of benzene rings is 2. The second-order valence-electron chi connectivity index (χ2n) is 5.72. The van der Waals surface area contributed by atoms with Gasteiger partial charge in [0.05, 0.1) is 24.1 Å². The minimum atomic E-state index is -1.41. The summed E-state index contributed by atoms with van der Waals surface area (Å²) in [5.41, 5.74) is 2.03. The normalized spacial score (nSPS) is 11.9. The molecule has 0 amide bonds. The third kappa shape index (κ3) is 11.8. The predicted octanol–water partition coefficient (Wildman–Crippen LogP) is -0.921. The summed E-state index contributed by atoms with van der Waals surface area (Å²) < 4.78 is 0. The van der Waals surface area contributed by atoms with E-state index >= 15 is 0 Å². The molecule has 140 valence electrons. The van der Waals surface area contributed by atoms with Crippen LogP contribution < -0.4 is 10.2 Å². The molecule has 0 bridgehead atoms. The van der Waals surface area contributed by atoms with Crippen molar-refractivity contribution in [2.24, 2.45) is 0 Å². The SMILES string of the molecule is O=C([O-])C(O)CCc1ccccc1.O=C([O-])C(O)CCc1ccccc1.[Ca+2]. The molecule has 0 aliphatic heterocycles. The Morgan fingerprint density at radius 3 is 1.26 bits per heavy atom. The van der Waals surface area contributed by atoms with Crippen LogP contribution in [0.25, 0.3) is 0 Å². The molecule has 2 rings (SSSR count). The maximum absolute atomic E-state index is 10.2. The number of aliphatic hydroxyl groups is 2. The summed E-state index contributed by atoms with van der Waals surface area (Å²) in [5.74, 6) is -2.81. The van der Waals surface area contributed by atoms with Gasteiger partial charge in [0.15, 0.2) is 0 Å². The molecular formula is C20H22CaO6. The second-order valence-corrected chi connectivity index (χ2v) is 5.72. The summed E-state index contributed by atoms with van der Waals surface area (Å²) in [7, 11) is 0. The van der Waals surface area contributed by atoms with Gasteiger partial charge in [0, 0.05) is 0 Å². The van der Waals surface area contributed by atoms with Crippen molar-refractivity contribution >= 4 is 49.7 Å². The average Bonchev–Trinajstić information content (AvgIpc) is 2.66. The van der Waals surface area contributed by atoms with Gasteiger partial charge in [0.25, 0.3) is 0 Å². The van der Waals surface area contributed by atoms with Crippen molar-refractivity contribution in [3.05, 3.63) is 71.8 Å². The first kappa shape index (κ1) is 25.6. The maximum atomic E-state index is 10.2. The molecule has 0 radical (unpaired) electrons. The average molecular weight is 398 g/mol. The fourth-order valence-corrected chi connectivity index (χ4v) is 2.13. The van der Waals surface area contributed by atoms with Gasteiger partial charge >= 0.3 is 37.7 Å². The number of aliphatic hydroxyl groups excluding tert-OH is 2. The Kier molecular flexibility index (Phi) is 13.8. The quantitative estimate of drug-likeness (QED) is 0.555. The number of carbonyl (C=O) groups excluding carboxylic acids is 2. The Balaban J connectivity index is 0.000000483. The number of rotatable bonds is 8. The number of hydrogen-bond donors (Lipinski definition) is 2. The smallest absolute Gasteiger partial charge is 0.547 e.